The zero-order valence-corrected chi connectivity index (χ0v) is 11.0. The Morgan fingerprint density at radius 2 is 2.17 bits per heavy atom. The van der Waals surface area contributed by atoms with Gasteiger partial charge in [-0.3, -0.25) is 4.79 Å². The van der Waals surface area contributed by atoms with E-state index in [1.807, 2.05) is 22.8 Å². The Morgan fingerprint density at radius 1 is 1.39 bits per heavy atom. The Kier molecular flexibility index (Phi) is 3.89. The molecule has 5 heteroatoms. The van der Waals surface area contributed by atoms with Crippen molar-refractivity contribution >= 4 is 28.8 Å². The molecule has 96 valence electrons. The predicted octanol–water partition coefficient (Wildman–Crippen LogP) is 2.76. The maximum absolute atomic E-state index is 11.2. The van der Waals surface area contributed by atoms with Crippen LogP contribution in [0.15, 0.2) is 18.2 Å². The molecule has 0 aliphatic carbocycles. The lowest BCUT2D eigenvalue weighted by Crippen LogP contribution is -2.04. The van der Waals surface area contributed by atoms with Crippen LogP contribution in [0, 0.1) is 0 Å². The summed E-state index contributed by atoms with van der Waals surface area (Å²) in [5.74, 6) is 0.700. The Morgan fingerprint density at radius 3 is 2.78 bits per heavy atom. The number of carbonyl (C=O) groups is 1. The summed E-state index contributed by atoms with van der Waals surface area (Å²) >= 11 is 6.22. The number of rotatable bonds is 5. The van der Waals surface area contributed by atoms with Crippen LogP contribution in [0.4, 0.5) is 0 Å². The molecule has 1 aromatic carbocycles. The second-order valence-electron chi connectivity index (χ2n) is 3.85. The normalized spacial score (nSPS) is 10.8. The van der Waals surface area contributed by atoms with E-state index in [9.17, 15) is 4.79 Å². The fourth-order valence-corrected chi connectivity index (χ4v) is 2.29. The van der Waals surface area contributed by atoms with Crippen molar-refractivity contribution in [1.82, 2.24) is 4.57 Å². The van der Waals surface area contributed by atoms with Crippen LogP contribution in [-0.4, -0.2) is 31.7 Å². The maximum Gasteiger partial charge on any atom is 0.153 e. The molecule has 2 aromatic rings. The van der Waals surface area contributed by atoms with Crippen LogP contribution in [0.1, 0.15) is 10.4 Å². The highest BCUT2D eigenvalue weighted by molar-refractivity contribution is 6.34. The van der Waals surface area contributed by atoms with Crippen LogP contribution in [-0.2, 0) is 11.3 Å². The first-order chi connectivity index (χ1) is 8.72. The van der Waals surface area contributed by atoms with Gasteiger partial charge in [0.15, 0.2) is 6.29 Å². The molecule has 0 amide bonds. The average Bonchev–Trinajstić information content (AvgIpc) is 2.66. The van der Waals surface area contributed by atoms with Crippen molar-refractivity contribution in [3.05, 3.63) is 28.9 Å². The van der Waals surface area contributed by atoms with E-state index in [4.69, 9.17) is 21.1 Å². The van der Waals surface area contributed by atoms with Crippen molar-refractivity contribution in [1.29, 1.82) is 0 Å². The largest absolute Gasteiger partial charge is 0.497 e. The van der Waals surface area contributed by atoms with Gasteiger partial charge < -0.3 is 14.0 Å². The molecular formula is C13H14ClNO3. The van der Waals surface area contributed by atoms with E-state index in [0.717, 1.165) is 17.2 Å². The van der Waals surface area contributed by atoms with Gasteiger partial charge in [0.1, 0.15) is 10.9 Å². The Bertz CT molecular complexity index is 577. The third-order valence-corrected chi connectivity index (χ3v) is 3.29. The predicted molar refractivity (Wildman–Crippen MR) is 70.8 cm³/mol. The van der Waals surface area contributed by atoms with Crippen LogP contribution in [0.2, 0.25) is 5.15 Å². The number of aldehydes is 1. The molecule has 0 aliphatic rings. The van der Waals surface area contributed by atoms with Crippen molar-refractivity contribution < 1.29 is 14.3 Å². The van der Waals surface area contributed by atoms with E-state index >= 15 is 0 Å². The van der Waals surface area contributed by atoms with Gasteiger partial charge in [-0.05, 0) is 18.2 Å². The summed E-state index contributed by atoms with van der Waals surface area (Å²) in [6.45, 7) is 1.14. The molecule has 0 N–H and O–H groups in total. The van der Waals surface area contributed by atoms with Gasteiger partial charge >= 0.3 is 0 Å². The van der Waals surface area contributed by atoms with Crippen molar-refractivity contribution in [2.24, 2.45) is 0 Å². The topological polar surface area (TPSA) is 40.5 Å². The highest BCUT2D eigenvalue weighted by Crippen LogP contribution is 2.31. The summed E-state index contributed by atoms with van der Waals surface area (Å²) < 4.78 is 12.1. The lowest BCUT2D eigenvalue weighted by molar-refractivity contribution is 0.112. The first-order valence-corrected chi connectivity index (χ1v) is 5.90. The molecule has 0 bridgehead atoms. The first kappa shape index (κ1) is 12.9. The van der Waals surface area contributed by atoms with Gasteiger partial charge in [-0.1, -0.05) is 11.6 Å². The van der Waals surface area contributed by atoms with E-state index < -0.39 is 0 Å². The van der Waals surface area contributed by atoms with Crippen molar-refractivity contribution in [2.45, 2.75) is 6.54 Å². The molecule has 0 saturated carbocycles. The zero-order valence-electron chi connectivity index (χ0n) is 10.3. The smallest absolute Gasteiger partial charge is 0.153 e. The van der Waals surface area contributed by atoms with Crippen molar-refractivity contribution in [2.75, 3.05) is 20.8 Å². The van der Waals surface area contributed by atoms with Crippen molar-refractivity contribution in [3.8, 4) is 5.75 Å². The standard InChI is InChI=1S/C13H14ClNO3/c1-17-6-5-15-12-4-3-9(18-2)7-10(12)11(8-16)13(15)14/h3-4,7-8H,5-6H2,1-2H3. The molecule has 1 aromatic heterocycles. The minimum Gasteiger partial charge on any atom is -0.497 e. The monoisotopic (exact) mass is 267 g/mol. The second-order valence-corrected chi connectivity index (χ2v) is 4.21. The van der Waals surface area contributed by atoms with Gasteiger partial charge in [0, 0.05) is 19.0 Å². The Hall–Kier alpha value is -1.52. The van der Waals surface area contributed by atoms with Crippen LogP contribution < -0.4 is 4.74 Å². The van der Waals surface area contributed by atoms with Gasteiger partial charge in [0.25, 0.3) is 0 Å². The number of halogens is 1. The van der Waals surface area contributed by atoms with Crippen LogP contribution in [0.25, 0.3) is 10.9 Å². The number of carbonyl (C=O) groups excluding carboxylic acids is 1. The summed E-state index contributed by atoms with van der Waals surface area (Å²) in [6, 6.07) is 5.55. The number of hydrogen-bond acceptors (Lipinski definition) is 3. The molecule has 18 heavy (non-hydrogen) atoms. The quantitative estimate of drug-likeness (QED) is 0.782. The van der Waals surface area contributed by atoms with E-state index in [-0.39, 0.29) is 0 Å². The first-order valence-electron chi connectivity index (χ1n) is 5.52. The number of benzene rings is 1. The Labute approximate surface area is 110 Å². The molecule has 0 spiro atoms. The van der Waals surface area contributed by atoms with E-state index in [2.05, 4.69) is 0 Å². The third-order valence-electron chi connectivity index (χ3n) is 2.88. The van der Waals surface area contributed by atoms with Gasteiger partial charge in [0.05, 0.1) is 24.8 Å². The van der Waals surface area contributed by atoms with Crippen LogP contribution in [0.3, 0.4) is 0 Å². The fraction of sp³-hybridized carbons (Fsp3) is 0.308. The number of hydrogen-bond donors (Lipinski definition) is 0. The minimum atomic E-state index is 0.435. The Balaban J connectivity index is 2.63. The van der Waals surface area contributed by atoms with E-state index in [1.165, 1.54) is 0 Å². The second kappa shape index (κ2) is 5.42. The van der Waals surface area contributed by atoms with Gasteiger partial charge in [-0.15, -0.1) is 0 Å². The molecule has 4 nitrogen and oxygen atoms in total. The number of nitrogens with zero attached hydrogens (tertiary/aromatic N) is 1. The summed E-state index contributed by atoms with van der Waals surface area (Å²) in [6.07, 6.45) is 0.771. The summed E-state index contributed by atoms with van der Waals surface area (Å²) in [7, 11) is 3.22. The van der Waals surface area contributed by atoms with Gasteiger partial charge in [0.2, 0.25) is 0 Å². The zero-order chi connectivity index (χ0) is 13.1. The molecule has 0 atom stereocenters. The van der Waals surface area contributed by atoms with Gasteiger partial charge in [-0.2, -0.15) is 0 Å². The molecule has 1 heterocycles. The molecule has 2 rings (SSSR count). The maximum atomic E-state index is 11.2. The number of fused-ring (bicyclic) bond motifs is 1. The third kappa shape index (κ3) is 2.09. The lowest BCUT2D eigenvalue weighted by Gasteiger charge is -2.06. The molecule has 0 fully saturated rings. The number of ether oxygens (including phenoxy) is 2. The SMILES string of the molecule is COCCn1c(Cl)c(C=O)c2cc(OC)ccc21. The average molecular weight is 268 g/mol. The molecule has 0 aliphatic heterocycles. The van der Waals surface area contributed by atoms with Gasteiger partial charge in [-0.25, -0.2) is 0 Å². The number of methoxy groups -OCH3 is 2. The summed E-state index contributed by atoms with van der Waals surface area (Å²) in [4.78, 5) is 11.2. The fourth-order valence-electron chi connectivity index (χ4n) is 1.97. The summed E-state index contributed by atoms with van der Waals surface area (Å²) in [5, 5.41) is 1.23. The van der Waals surface area contributed by atoms with Crippen molar-refractivity contribution in [3.63, 3.8) is 0 Å². The number of aromatic nitrogens is 1. The van der Waals surface area contributed by atoms with E-state index in [1.54, 1.807) is 14.2 Å². The molecule has 0 unspecified atom stereocenters. The molecule has 0 saturated heterocycles. The summed E-state index contributed by atoms with van der Waals surface area (Å²) in [5.41, 5.74) is 1.39. The van der Waals surface area contributed by atoms with E-state index in [0.29, 0.717) is 29.6 Å². The highest BCUT2D eigenvalue weighted by atomic mass is 35.5. The van der Waals surface area contributed by atoms with Crippen LogP contribution in [0.5, 0.6) is 5.75 Å². The van der Waals surface area contributed by atoms with Crippen LogP contribution >= 0.6 is 11.6 Å². The highest BCUT2D eigenvalue weighted by Gasteiger charge is 2.15. The lowest BCUT2D eigenvalue weighted by atomic mass is 10.2. The molecular weight excluding hydrogens is 254 g/mol. The molecule has 0 radical (unpaired) electrons. The minimum absolute atomic E-state index is 0.435.